The molecule has 1 aliphatic heterocycles. The topological polar surface area (TPSA) is 75.6 Å². The molecule has 2 N–H and O–H groups in total. The largest absolute Gasteiger partial charge is 0.369 e. The molecule has 0 radical (unpaired) electrons. The highest BCUT2D eigenvalue weighted by atomic mass is 16.6. The summed E-state index contributed by atoms with van der Waals surface area (Å²) in [5.74, 6) is 5.90. The second-order valence-corrected chi connectivity index (χ2v) is 4.59. The zero-order valence-corrected chi connectivity index (χ0v) is 11.3. The number of rotatable bonds is 3. The van der Waals surface area contributed by atoms with Crippen molar-refractivity contribution in [3.8, 4) is 11.8 Å². The van der Waals surface area contributed by atoms with Crippen LogP contribution < -0.4 is 10.6 Å². The van der Waals surface area contributed by atoms with Gasteiger partial charge >= 0.3 is 0 Å². The van der Waals surface area contributed by atoms with Crippen molar-refractivity contribution >= 4 is 11.4 Å². The fourth-order valence-electron chi connectivity index (χ4n) is 2.19. The first-order chi connectivity index (χ1) is 9.70. The first-order valence-electron chi connectivity index (χ1n) is 6.58. The van der Waals surface area contributed by atoms with Crippen molar-refractivity contribution in [1.82, 2.24) is 4.90 Å². The van der Waals surface area contributed by atoms with E-state index >= 15 is 0 Å². The maximum absolute atomic E-state index is 10.6. The molecule has 0 atom stereocenters. The van der Waals surface area contributed by atoms with E-state index in [1.807, 2.05) is 12.1 Å². The van der Waals surface area contributed by atoms with Gasteiger partial charge in [0, 0.05) is 44.0 Å². The Labute approximate surface area is 118 Å². The average molecular weight is 274 g/mol. The fraction of sp³-hybridized carbons (Fsp3) is 0.429. The van der Waals surface area contributed by atoms with Gasteiger partial charge in [0.25, 0.3) is 5.69 Å². The van der Waals surface area contributed by atoms with E-state index in [1.54, 1.807) is 12.1 Å². The molecule has 2 rings (SSSR count). The lowest BCUT2D eigenvalue weighted by Gasteiger charge is -2.35. The fourth-order valence-corrected chi connectivity index (χ4v) is 2.19. The molecule has 0 amide bonds. The van der Waals surface area contributed by atoms with Crippen LogP contribution in [0.25, 0.3) is 0 Å². The molecule has 1 heterocycles. The lowest BCUT2D eigenvalue weighted by molar-refractivity contribution is -0.384. The zero-order chi connectivity index (χ0) is 14.4. The minimum Gasteiger partial charge on any atom is -0.369 e. The Hall–Kier alpha value is -2.10. The van der Waals surface area contributed by atoms with Crippen molar-refractivity contribution in [1.29, 1.82) is 0 Å². The van der Waals surface area contributed by atoms with Gasteiger partial charge in [0.2, 0.25) is 0 Å². The summed E-state index contributed by atoms with van der Waals surface area (Å²) in [4.78, 5) is 14.8. The van der Waals surface area contributed by atoms with Gasteiger partial charge in [-0.05, 0) is 12.1 Å². The Kier molecular flexibility index (Phi) is 4.93. The number of nitrogens with zero attached hydrogens (tertiary/aromatic N) is 3. The lowest BCUT2D eigenvalue weighted by Crippen LogP contribution is -2.46. The van der Waals surface area contributed by atoms with Crippen molar-refractivity contribution in [2.45, 2.75) is 0 Å². The van der Waals surface area contributed by atoms with Crippen LogP contribution in [0.2, 0.25) is 0 Å². The second-order valence-electron chi connectivity index (χ2n) is 4.59. The minimum absolute atomic E-state index is 0.129. The molecule has 0 aliphatic carbocycles. The Morgan fingerprint density at radius 2 is 1.80 bits per heavy atom. The van der Waals surface area contributed by atoms with E-state index < -0.39 is 0 Å². The van der Waals surface area contributed by atoms with Gasteiger partial charge in [-0.25, -0.2) is 0 Å². The maximum atomic E-state index is 10.6. The van der Waals surface area contributed by atoms with Gasteiger partial charge in [0.1, 0.15) is 0 Å². The minimum atomic E-state index is -0.377. The van der Waals surface area contributed by atoms with Crippen LogP contribution in [0.15, 0.2) is 24.3 Å². The summed E-state index contributed by atoms with van der Waals surface area (Å²) in [6.07, 6.45) is 0. The molecule has 20 heavy (non-hydrogen) atoms. The van der Waals surface area contributed by atoms with E-state index in [-0.39, 0.29) is 10.6 Å². The number of piperazine rings is 1. The van der Waals surface area contributed by atoms with Crippen LogP contribution in [0.4, 0.5) is 11.4 Å². The van der Waals surface area contributed by atoms with Crippen LogP contribution in [-0.4, -0.2) is 49.1 Å². The predicted octanol–water partition coefficient (Wildman–Crippen LogP) is 0.679. The summed E-state index contributed by atoms with van der Waals surface area (Å²) in [5, 5.41) is 10.6. The Balaban J connectivity index is 1.88. The Morgan fingerprint density at radius 3 is 2.35 bits per heavy atom. The van der Waals surface area contributed by atoms with Gasteiger partial charge < -0.3 is 10.6 Å². The van der Waals surface area contributed by atoms with Crippen LogP contribution in [0.3, 0.4) is 0 Å². The normalized spacial score (nSPS) is 15.6. The number of hydrogen-bond acceptors (Lipinski definition) is 5. The SMILES string of the molecule is NCC#CCN1CCN(c2ccc([N+](=O)[O-])cc2)CC1. The van der Waals surface area contributed by atoms with Gasteiger partial charge in [-0.1, -0.05) is 11.8 Å². The van der Waals surface area contributed by atoms with Gasteiger partial charge in [0.05, 0.1) is 18.0 Å². The van der Waals surface area contributed by atoms with Crippen LogP contribution in [0.1, 0.15) is 0 Å². The maximum Gasteiger partial charge on any atom is 0.269 e. The third kappa shape index (κ3) is 3.70. The average Bonchev–Trinajstić information content (AvgIpc) is 2.48. The number of nitro groups is 1. The van der Waals surface area contributed by atoms with E-state index in [2.05, 4.69) is 21.6 Å². The second kappa shape index (κ2) is 6.89. The number of anilines is 1. The molecule has 1 aromatic rings. The van der Waals surface area contributed by atoms with Gasteiger partial charge in [-0.3, -0.25) is 15.0 Å². The lowest BCUT2D eigenvalue weighted by atomic mass is 10.2. The number of benzene rings is 1. The van der Waals surface area contributed by atoms with E-state index in [0.29, 0.717) is 6.54 Å². The number of hydrogen-bond donors (Lipinski definition) is 1. The van der Waals surface area contributed by atoms with Crippen molar-refractivity contribution in [2.24, 2.45) is 5.73 Å². The van der Waals surface area contributed by atoms with E-state index in [4.69, 9.17) is 5.73 Å². The first-order valence-corrected chi connectivity index (χ1v) is 6.58. The van der Waals surface area contributed by atoms with Gasteiger partial charge in [-0.2, -0.15) is 0 Å². The van der Waals surface area contributed by atoms with Gasteiger partial charge in [-0.15, -0.1) is 0 Å². The number of non-ortho nitro benzene ring substituents is 1. The zero-order valence-electron chi connectivity index (χ0n) is 11.3. The first kappa shape index (κ1) is 14.3. The number of nitro benzene ring substituents is 1. The summed E-state index contributed by atoms with van der Waals surface area (Å²) < 4.78 is 0. The summed E-state index contributed by atoms with van der Waals surface area (Å²) >= 11 is 0. The molecule has 6 heteroatoms. The standard InChI is InChI=1S/C14H18N4O2/c15-7-1-2-8-16-9-11-17(12-10-16)13-3-5-14(6-4-13)18(19)20/h3-6H,7-12,15H2. The molecule has 0 saturated carbocycles. The molecule has 0 aromatic heterocycles. The molecule has 0 unspecified atom stereocenters. The van der Waals surface area contributed by atoms with Crippen molar-refractivity contribution in [3.05, 3.63) is 34.4 Å². The summed E-state index contributed by atoms with van der Waals surface area (Å²) in [6.45, 7) is 4.85. The molecule has 1 aromatic carbocycles. The predicted molar refractivity (Wildman–Crippen MR) is 78.6 cm³/mol. The molecule has 1 aliphatic rings. The molecule has 0 bridgehead atoms. The van der Waals surface area contributed by atoms with Gasteiger partial charge in [0.15, 0.2) is 0 Å². The van der Waals surface area contributed by atoms with Crippen LogP contribution >= 0.6 is 0 Å². The van der Waals surface area contributed by atoms with E-state index in [9.17, 15) is 10.1 Å². The third-order valence-corrected chi connectivity index (χ3v) is 3.33. The molecular weight excluding hydrogens is 256 g/mol. The van der Waals surface area contributed by atoms with E-state index in [0.717, 1.165) is 38.4 Å². The molecule has 6 nitrogen and oxygen atoms in total. The molecular formula is C14H18N4O2. The molecule has 106 valence electrons. The summed E-state index contributed by atoms with van der Waals surface area (Å²) in [5.41, 5.74) is 6.49. The Morgan fingerprint density at radius 1 is 1.15 bits per heavy atom. The summed E-state index contributed by atoms with van der Waals surface area (Å²) in [7, 11) is 0. The Bertz CT molecular complexity index is 510. The smallest absolute Gasteiger partial charge is 0.269 e. The highest BCUT2D eigenvalue weighted by Gasteiger charge is 2.17. The highest BCUT2D eigenvalue weighted by Crippen LogP contribution is 2.20. The highest BCUT2D eigenvalue weighted by molar-refractivity contribution is 5.51. The van der Waals surface area contributed by atoms with E-state index in [1.165, 1.54) is 0 Å². The van der Waals surface area contributed by atoms with Crippen molar-refractivity contribution in [2.75, 3.05) is 44.2 Å². The van der Waals surface area contributed by atoms with Crippen LogP contribution in [0, 0.1) is 22.0 Å². The van der Waals surface area contributed by atoms with Crippen molar-refractivity contribution in [3.63, 3.8) is 0 Å². The molecule has 1 fully saturated rings. The van der Waals surface area contributed by atoms with Crippen LogP contribution in [-0.2, 0) is 0 Å². The van der Waals surface area contributed by atoms with Crippen molar-refractivity contribution < 1.29 is 4.92 Å². The molecule has 1 saturated heterocycles. The third-order valence-electron chi connectivity index (χ3n) is 3.33. The monoisotopic (exact) mass is 274 g/mol. The summed E-state index contributed by atoms with van der Waals surface area (Å²) in [6, 6.07) is 6.72. The quantitative estimate of drug-likeness (QED) is 0.498. The molecule has 0 spiro atoms. The number of nitrogens with two attached hydrogens (primary N) is 1. The van der Waals surface area contributed by atoms with Crippen LogP contribution in [0.5, 0.6) is 0 Å².